The Balaban J connectivity index is 1.72. The summed E-state index contributed by atoms with van der Waals surface area (Å²) in [6, 6.07) is 16.0. The van der Waals surface area contributed by atoms with Gasteiger partial charge in [0.1, 0.15) is 5.75 Å². The van der Waals surface area contributed by atoms with Gasteiger partial charge in [-0.3, -0.25) is 4.98 Å². The van der Waals surface area contributed by atoms with Gasteiger partial charge in [-0.2, -0.15) is 5.10 Å². The van der Waals surface area contributed by atoms with Crippen LogP contribution in [-0.4, -0.2) is 35.2 Å². The summed E-state index contributed by atoms with van der Waals surface area (Å²) in [6.45, 7) is 13.8. The highest BCUT2D eigenvalue weighted by molar-refractivity contribution is 6.74. The van der Waals surface area contributed by atoms with E-state index in [4.69, 9.17) is 24.9 Å². The molecule has 1 aromatic carbocycles. The standard InChI is InChI=1S/C29H39N5O2Si/c1-8-11-23(30)25-14-10-13-24(33-25)20-16-26-22(27(17-20)35-5)18-31-34(26)28-15-9-12-21(32-28)19-36-37(6,7)29(2,3)4/h9-10,12-18,23H,8,11,19,30H2,1-7H3/t23-/m0/s1. The van der Waals surface area contributed by atoms with Crippen LogP contribution in [0, 0.1) is 0 Å². The van der Waals surface area contributed by atoms with Gasteiger partial charge in [0, 0.05) is 11.6 Å². The molecule has 0 aliphatic carbocycles. The van der Waals surface area contributed by atoms with Gasteiger partial charge in [0.15, 0.2) is 14.1 Å². The maximum Gasteiger partial charge on any atom is 0.192 e. The third-order valence-corrected chi connectivity index (χ3v) is 11.8. The largest absolute Gasteiger partial charge is 0.496 e. The van der Waals surface area contributed by atoms with Gasteiger partial charge < -0.3 is 14.9 Å². The molecule has 8 heteroatoms. The van der Waals surface area contributed by atoms with Crippen molar-refractivity contribution in [2.45, 2.75) is 71.3 Å². The van der Waals surface area contributed by atoms with Gasteiger partial charge in [-0.1, -0.05) is 46.2 Å². The molecule has 0 bridgehead atoms. The van der Waals surface area contributed by atoms with E-state index in [1.165, 1.54) is 0 Å². The van der Waals surface area contributed by atoms with Crippen molar-refractivity contribution in [3.8, 4) is 22.8 Å². The molecule has 1 atom stereocenters. The minimum atomic E-state index is -1.89. The topological polar surface area (TPSA) is 88.1 Å². The van der Waals surface area contributed by atoms with Gasteiger partial charge in [-0.15, -0.1) is 0 Å². The van der Waals surface area contributed by atoms with Crippen LogP contribution in [0.5, 0.6) is 5.75 Å². The van der Waals surface area contributed by atoms with Crippen molar-refractivity contribution in [2.24, 2.45) is 5.73 Å². The second-order valence-electron chi connectivity index (χ2n) is 11.0. The molecule has 3 aromatic heterocycles. The van der Waals surface area contributed by atoms with Gasteiger partial charge in [0.2, 0.25) is 0 Å². The first-order chi connectivity index (χ1) is 17.5. The zero-order valence-corrected chi connectivity index (χ0v) is 24.1. The lowest BCUT2D eigenvalue weighted by Gasteiger charge is -2.36. The number of benzene rings is 1. The molecule has 0 amide bonds. The smallest absolute Gasteiger partial charge is 0.192 e. The fourth-order valence-electron chi connectivity index (χ4n) is 4.01. The Bertz CT molecular complexity index is 1380. The van der Waals surface area contributed by atoms with Crippen LogP contribution in [0.4, 0.5) is 0 Å². The zero-order valence-electron chi connectivity index (χ0n) is 23.1. The van der Waals surface area contributed by atoms with Crippen molar-refractivity contribution in [2.75, 3.05) is 7.11 Å². The van der Waals surface area contributed by atoms with Gasteiger partial charge in [0.25, 0.3) is 0 Å². The Labute approximate surface area is 221 Å². The number of hydrogen-bond acceptors (Lipinski definition) is 6. The van der Waals surface area contributed by atoms with E-state index in [0.717, 1.165) is 58.0 Å². The number of rotatable bonds is 9. The minimum Gasteiger partial charge on any atom is -0.496 e. The Hall–Kier alpha value is -3.07. The van der Waals surface area contributed by atoms with Crippen LogP contribution in [-0.2, 0) is 11.0 Å². The van der Waals surface area contributed by atoms with Crippen molar-refractivity contribution >= 4 is 19.2 Å². The molecule has 3 heterocycles. The first kappa shape index (κ1) is 27.0. The van der Waals surface area contributed by atoms with Crippen LogP contribution in [0.15, 0.2) is 54.7 Å². The van der Waals surface area contributed by atoms with Crippen molar-refractivity contribution in [3.63, 3.8) is 0 Å². The van der Waals surface area contributed by atoms with E-state index < -0.39 is 8.32 Å². The third-order valence-electron chi connectivity index (χ3n) is 7.31. The van der Waals surface area contributed by atoms with Gasteiger partial charge >= 0.3 is 0 Å². The van der Waals surface area contributed by atoms with Gasteiger partial charge in [-0.25, -0.2) is 9.67 Å². The molecule has 0 saturated heterocycles. The predicted octanol–water partition coefficient (Wildman–Crippen LogP) is 6.81. The molecule has 0 aliphatic heterocycles. The van der Waals surface area contributed by atoms with Crippen molar-refractivity contribution in [1.29, 1.82) is 0 Å². The molecular formula is C29H39N5O2Si. The molecule has 4 aromatic rings. The summed E-state index contributed by atoms with van der Waals surface area (Å²) in [6.07, 6.45) is 3.73. The fourth-order valence-corrected chi connectivity index (χ4v) is 4.95. The summed E-state index contributed by atoms with van der Waals surface area (Å²) in [5, 5.41) is 5.72. The first-order valence-electron chi connectivity index (χ1n) is 12.9. The lowest BCUT2D eigenvalue weighted by molar-refractivity contribution is 0.272. The lowest BCUT2D eigenvalue weighted by Crippen LogP contribution is -2.40. The lowest BCUT2D eigenvalue weighted by atomic mass is 10.1. The normalized spacial score (nSPS) is 13.2. The number of nitrogens with two attached hydrogens (primary N) is 1. The molecule has 0 fully saturated rings. The van der Waals surface area contributed by atoms with E-state index in [9.17, 15) is 0 Å². The fraction of sp³-hybridized carbons (Fsp3) is 0.414. The van der Waals surface area contributed by atoms with E-state index >= 15 is 0 Å². The summed E-state index contributed by atoms with van der Waals surface area (Å²) in [4.78, 5) is 9.76. The van der Waals surface area contributed by atoms with Crippen LogP contribution >= 0.6 is 0 Å². The maximum atomic E-state index is 6.41. The number of hydrogen-bond donors (Lipinski definition) is 1. The number of aromatic nitrogens is 4. The minimum absolute atomic E-state index is 0.0819. The number of fused-ring (bicyclic) bond motifs is 1. The third kappa shape index (κ3) is 5.76. The molecule has 7 nitrogen and oxygen atoms in total. The Morgan fingerprint density at radius 3 is 2.51 bits per heavy atom. The SMILES string of the molecule is CCC[C@H](N)c1cccc(-c2cc(OC)c3cnn(-c4cccc(CO[Si](C)(C)C(C)(C)C)n4)c3c2)n1. The second-order valence-corrected chi connectivity index (χ2v) is 15.9. The number of ether oxygens (including phenoxy) is 1. The number of nitrogens with zero attached hydrogens (tertiary/aromatic N) is 4. The second kappa shape index (κ2) is 10.7. The molecular weight excluding hydrogens is 478 g/mol. The highest BCUT2D eigenvalue weighted by Gasteiger charge is 2.37. The summed E-state index contributed by atoms with van der Waals surface area (Å²) in [5.74, 6) is 1.47. The first-order valence-corrected chi connectivity index (χ1v) is 15.8. The van der Waals surface area contributed by atoms with Gasteiger partial charge in [-0.05, 0) is 61.0 Å². The molecule has 4 rings (SSSR count). The van der Waals surface area contributed by atoms with E-state index in [1.54, 1.807) is 7.11 Å². The quantitative estimate of drug-likeness (QED) is 0.245. The van der Waals surface area contributed by atoms with Crippen molar-refractivity contribution in [3.05, 3.63) is 66.1 Å². The highest BCUT2D eigenvalue weighted by atomic mass is 28.4. The molecule has 0 unspecified atom stereocenters. The van der Waals surface area contributed by atoms with Crippen molar-refractivity contribution in [1.82, 2.24) is 19.7 Å². The van der Waals surface area contributed by atoms with E-state index in [-0.39, 0.29) is 11.1 Å². The highest BCUT2D eigenvalue weighted by Crippen LogP contribution is 2.37. The average molecular weight is 518 g/mol. The summed E-state index contributed by atoms with van der Waals surface area (Å²) >= 11 is 0. The van der Waals surface area contributed by atoms with E-state index in [0.29, 0.717) is 6.61 Å². The summed E-state index contributed by atoms with van der Waals surface area (Å²) in [5.41, 5.74) is 10.8. The number of pyridine rings is 2. The van der Waals surface area contributed by atoms with E-state index in [1.807, 2.05) is 53.3 Å². The van der Waals surface area contributed by atoms with Crippen molar-refractivity contribution < 1.29 is 9.16 Å². The monoisotopic (exact) mass is 517 g/mol. The van der Waals surface area contributed by atoms with Crippen LogP contribution in [0.2, 0.25) is 18.1 Å². The molecule has 196 valence electrons. The Kier molecular flexibility index (Phi) is 7.82. The molecule has 37 heavy (non-hydrogen) atoms. The zero-order chi connectivity index (χ0) is 26.8. The maximum absolute atomic E-state index is 6.41. The summed E-state index contributed by atoms with van der Waals surface area (Å²) < 4.78 is 14.0. The average Bonchev–Trinajstić information content (AvgIpc) is 3.31. The van der Waals surface area contributed by atoms with Crippen LogP contribution in [0.1, 0.15) is 58.0 Å². The molecule has 0 radical (unpaired) electrons. The Morgan fingerprint density at radius 2 is 1.81 bits per heavy atom. The number of methoxy groups -OCH3 is 1. The molecule has 0 saturated carbocycles. The molecule has 0 aliphatic rings. The van der Waals surface area contributed by atoms with Crippen LogP contribution in [0.3, 0.4) is 0 Å². The van der Waals surface area contributed by atoms with Gasteiger partial charge in [0.05, 0.1) is 47.9 Å². The summed E-state index contributed by atoms with van der Waals surface area (Å²) in [7, 11) is -0.211. The van der Waals surface area contributed by atoms with E-state index in [2.05, 4.69) is 52.0 Å². The van der Waals surface area contributed by atoms with Crippen LogP contribution in [0.25, 0.3) is 28.0 Å². The molecule has 2 N–H and O–H groups in total. The molecule has 0 spiro atoms. The predicted molar refractivity (Wildman–Crippen MR) is 152 cm³/mol. The van der Waals surface area contributed by atoms with Crippen LogP contribution < -0.4 is 10.5 Å². The Morgan fingerprint density at radius 1 is 1.05 bits per heavy atom.